The Morgan fingerprint density at radius 2 is 2.27 bits per heavy atom. The summed E-state index contributed by atoms with van der Waals surface area (Å²) in [6.45, 7) is 0.511. The number of nitrogens with zero attached hydrogens (tertiary/aromatic N) is 3. The number of tetrazole rings is 1. The van der Waals surface area contributed by atoms with Crippen molar-refractivity contribution >= 4 is 28.5 Å². The number of carbonyl (C=O) groups excluding carboxylic acids is 1. The lowest BCUT2D eigenvalue weighted by atomic mass is 10.1. The maximum Gasteiger partial charge on any atom is 0.251 e. The maximum absolute atomic E-state index is 12.2. The number of carbonyl (C=O) groups is 1. The van der Waals surface area contributed by atoms with Crippen LogP contribution in [0.3, 0.4) is 0 Å². The second-order valence-electron chi connectivity index (χ2n) is 4.56. The third kappa shape index (κ3) is 3.50. The molecule has 0 saturated heterocycles. The molecule has 22 heavy (non-hydrogen) atoms. The fourth-order valence-electron chi connectivity index (χ4n) is 2.00. The molecule has 1 aromatic carbocycles. The van der Waals surface area contributed by atoms with Gasteiger partial charge in [0.2, 0.25) is 0 Å². The van der Waals surface area contributed by atoms with E-state index in [9.17, 15) is 4.79 Å². The summed E-state index contributed by atoms with van der Waals surface area (Å²) >= 11 is 2.16. The van der Waals surface area contributed by atoms with Crippen molar-refractivity contribution in [2.24, 2.45) is 0 Å². The fourth-order valence-corrected chi connectivity index (χ4v) is 2.67. The summed E-state index contributed by atoms with van der Waals surface area (Å²) in [6, 6.07) is 9.19. The van der Waals surface area contributed by atoms with Crippen LogP contribution < -0.4 is 5.32 Å². The zero-order valence-corrected chi connectivity index (χ0v) is 13.6. The maximum atomic E-state index is 12.2. The van der Waals surface area contributed by atoms with Crippen LogP contribution in [0.1, 0.15) is 16.1 Å². The van der Waals surface area contributed by atoms with E-state index in [1.807, 2.05) is 24.3 Å². The van der Waals surface area contributed by atoms with Crippen LogP contribution in [0.15, 0.2) is 41.0 Å². The molecule has 2 heterocycles. The Morgan fingerprint density at radius 3 is 3.00 bits per heavy atom. The van der Waals surface area contributed by atoms with Crippen molar-refractivity contribution in [3.8, 4) is 11.4 Å². The molecule has 3 aromatic rings. The lowest BCUT2D eigenvalue weighted by Crippen LogP contribution is -2.25. The van der Waals surface area contributed by atoms with E-state index in [0.29, 0.717) is 24.4 Å². The van der Waals surface area contributed by atoms with Crippen molar-refractivity contribution in [1.82, 2.24) is 25.9 Å². The third-order valence-electron chi connectivity index (χ3n) is 3.02. The number of amides is 1. The summed E-state index contributed by atoms with van der Waals surface area (Å²) in [6.07, 6.45) is 2.27. The Hall–Kier alpha value is -2.23. The lowest BCUT2D eigenvalue weighted by Gasteiger charge is -2.06. The molecular weight excluding hydrogens is 397 g/mol. The molecule has 7 nitrogen and oxygen atoms in total. The largest absolute Gasteiger partial charge is 0.469 e. The van der Waals surface area contributed by atoms with E-state index < -0.39 is 0 Å². The van der Waals surface area contributed by atoms with Gasteiger partial charge in [-0.1, -0.05) is 0 Å². The number of halogens is 1. The molecular formula is C14H12IN5O2. The molecule has 112 valence electrons. The zero-order chi connectivity index (χ0) is 15.4. The minimum Gasteiger partial charge on any atom is -0.469 e. The van der Waals surface area contributed by atoms with E-state index in [0.717, 1.165) is 14.9 Å². The van der Waals surface area contributed by atoms with Gasteiger partial charge in [0, 0.05) is 27.7 Å². The molecule has 0 aliphatic carbocycles. The predicted octanol–water partition coefficient (Wildman–Crippen LogP) is 2.04. The van der Waals surface area contributed by atoms with Gasteiger partial charge in [0.15, 0.2) is 5.82 Å². The highest BCUT2D eigenvalue weighted by Gasteiger charge is 2.11. The van der Waals surface area contributed by atoms with E-state index in [1.165, 1.54) is 0 Å². The number of furan rings is 1. The second-order valence-corrected chi connectivity index (χ2v) is 5.81. The topological polar surface area (TPSA) is 96.7 Å². The molecule has 0 bridgehead atoms. The summed E-state index contributed by atoms with van der Waals surface area (Å²) in [5, 5.41) is 16.5. The van der Waals surface area contributed by atoms with Crippen LogP contribution in [0, 0.1) is 3.57 Å². The van der Waals surface area contributed by atoms with Crippen LogP contribution in [-0.4, -0.2) is 33.1 Å². The van der Waals surface area contributed by atoms with Gasteiger partial charge in [0.25, 0.3) is 5.91 Å². The second kappa shape index (κ2) is 6.69. The summed E-state index contributed by atoms with van der Waals surface area (Å²) < 4.78 is 6.16. The van der Waals surface area contributed by atoms with Gasteiger partial charge in [0.1, 0.15) is 5.76 Å². The van der Waals surface area contributed by atoms with E-state index >= 15 is 0 Å². The van der Waals surface area contributed by atoms with Crippen LogP contribution in [0.2, 0.25) is 0 Å². The van der Waals surface area contributed by atoms with E-state index in [1.54, 1.807) is 12.3 Å². The highest BCUT2D eigenvalue weighted by Crippen LogP contribution is 2.19. The standard InChI is InChI=1S/C14H12IN5O2/c15-11-7-9(13-17-19-20-18-13)6-10(8-11)14(21)16-4-3-12-2-1-5-22-12/h1-2,5-8H,3-4H2,(H,16,21)(H,17,18,19,20). The molecule has 0 spiro atoms. The normalized spacial score (nSPS) is 10.6. The Labute approximate surface area is 139 Å². The van der Waals surface area contributed by atoms with Gasteiger partial charge >= 0.3 is 0 Å². The Bertz CT molecular complexity index is 756. The Kier molecular flexibility index (Phi) is 4.47. The molecule has 1 amide bonds. The molecule has 0 atom stereocenters. The number of aromatic nitrogens is 4. The molecule has 3 rings (SSSR count). The molecule has 2 N–H and O–H groups in total. The first-order chi connectivity index (χ1) is 10.7. The van der Waals surface area contributed by atoms with Crippen LogP contribution in [-0.2, 0) is 6.42 Å². The highest BCUT2D eigenvalue weighted by atomic mass is 127. The third-order valence-corrected chi connectivity index (χ3v) is 3.64. The summed E-state index contributed by atoms with van der Waals surface area (Å²) in [4.78, 5) is 12.2. The number of H-pyrrole nitrogens is 1. The summed E-state index contributed by atoms with van der Waals surface area (Å²) in [5.74, 6) is 1.23. The van der Waals surface area contributed by atoms with Crippen LogP contribution in [0.5, 0.6) is 0 Å². The number of hydrogen-bond donors (Lipinski definition) is 2. The minimum atomic E-state index is -0.140. The quantitative estimate of drug-likeness (QED) is 0.629. The predicted molar refractivity (Wildman–Crippen MR) is 87.1 cm³/mol. The van der Waals surface area contributed by atoms with Crippen molar-refractivity contribution in [3.05, 3.63) is 51.5 Å². The monoisotopic (exact) mass is 409 g/mol. The molecule has 0 aliphatic heterocycles. The molecule has 0 fully saturated rings. The average Bonchev–Trinajstić information content (AvgIpc) is 3.20. The van der Waals surface area contributed by atoms with Crippen molar-refractivity contribution in [1.29, 1.82) is 0 Å². The zero-order valence-electron chi connectivity index (χ0n) is 11.4. The van der Waals surface area contributed by atoms with E-state index in [2.05, 4.69) is 48.5 Å². The smallest absolute Gasteiger partial charge is 0.251 e. The van der Waals surface area contributed by atoms with Crippen molar-refractivity contribution < 1.29 is 9.21 Å². The average molecular weight is 409 g/mol. The molecule has 0 aliphatic rings. The van der Waals surface area contributed by atoms with E-state index in [4.69, 9.17) is 4.42 Å². The van der Waals surface area contributed by atoms with Crippen LogP contribution in [0.25, 0.3) is 11.4 Å². The van der Waals surface area contributed by atoms with Gasteiger partial charge in [-0.15, -0.1) is 5.10 Å². The highest BCUT2D eigenvalue weighted by molar-refractivity contribution is 14.1. The van der Waals surface area contributed by atoms with Crippen molar-refractivity contribution in [2.75, 3.05) is 6.54 Å². The Balaban J connectivity index is 1.69. The number of aromatic amines is 1. The van der Waals surface area contributed by atoms with Gasteiger partial charge in [-0.05, 0) is 63.3 Å². The number of hydrogen-bond acceptors (Lipinski definition) is 5. The number of rotatable bonds is 5. The fraction of sp³-hybridized carbons (Fsp3) is 0.143. The van der Waals surface area contributed by atoms with Gasteiger partial charge in [-0.25, -0.2) is 5.10 Å². The van der Waals surface area contributed by atoms with Crippen molar-refractivity contribution in [2.45, 2.75) is 6.42 Å². The first-order valence-corrected chi connectivity index (χ1v) is 7.65. The molecule has 2 aromatic heterocycles. The molecule has 0 saturated carbocycles. The Morgan fingerprint density at radius 1 is 1.36 bits per heavy atom. The summed E-state index contributed by atoms with van der Waals surface area (Å²) in [7, 11) is 0. The van der Waals surface area contributed by atoms with Gasteiger partial charge in [0.05, 0.1) is 6.26 Å². The number of benzene rings is 1. The first kappa shape index (κ1) is 14.7. The minimum absolute atomic E-state index is 0.140. The van der Waals surface area contributed by atoms with Crippen molar-refractivity contribution in [3.63, 3.8) is 0 Å². The molecule has 0 radical (unpaired) electrons. The first-order valence-electron chi connectivity index (χ1n) is 6.57. The van der Waals surface area contributed by atoms with E-state index in [-0.39, 0.29) is 5.91 Å². The number of nitrogens with one attached hydrogen (secondary N) is 2. The molecule has 8 heteroatoms. The molecule has 0 unspecified atom stereocenters. The summed E-state index contributed by atoms with van der Waals surface area (Å²) in [5.41, 5.74) is 1.34. The van der Waals surface area contributed by atoms with Gasteiger partial charge in [-0.2, -0.15) is 0 Å². The van der Waals surface area contributed by atoms with Gasteiger partial charge in [-0.3, -0.25) is 4.79 Å². The van der Waals surface area contributed by atoms with Gasteiger partial charge < -0.3 is 9.73 Å². The van der Waals surface area contributed by atoms with Crippen LogP contribution >= 0.6 is 22.6 Å². The SMILES string of the molecule is O=C(NCCc1ccco1)c1cc(I)cc(-c2nnn[nH]2)c1. The van der Waals surface area contributed by atoms with Crippen LogP contribution in [0.4, 0.5) is 0 Å². The lowest BCUT2D eigenvalue weighted by molar-refractivity contribution is 0.0953.